The Morgan fingerprint density at radius 3 is 2.96 bits per heavy atom. The van der Waals surface area contributed by atoms with Crippen LogP contribution in [0.1, 0.15) is 5.56 Å². The number of hydrogen-bond acceptors (Lipinski definition) is 5. The third-order valence-corrected chi connectivity index (χ3v) is 5.71. The SMILES string of the molecule is COCCn1c(=NC(=O)Cc2ccc3c(c2)OCO3)sc2cc(Br)ccc21. The second-order valence-corrected chi connectivity index (χ2v) is 7.94. The number of nitrogens with zero attached hydrogens (tertiary/aromatic N) is 2. The molecule has 0 N–H and O–H groups in total. The molecule has 6 nitrogen and oxygen atoms in total. The van der Waals surface area contributed by atoms with Crippen LogP contribution in [0.15, 0.2) is 45.9 Å². The van der Waals surface area contributed by atoms with E-state index in [-0.39, 0.29) is 19.1 Å². The van der Waals surface area contributed by atoms with E-state index in [0.717, 1.165) is 20.3 Å². The maximum atomic E-state index is 12.6. The van der Waals surface area contributed by atoms with Gasteiger partial charge < -0.3 is 18.8 Å². The predicted molar refractivity (Wildman–Crippen MR) is 106 cm³/mol. The molecule has 1 amide bonds. The zero-order valence-corrected chi connectivity index (χ0v) is 17.0. The van der Waals surface area contributed by atoms with Gasteiger partial charge in [-0.2, -0.15) is 4.99 Å². The molecular weight excluding hydrogens is 432 g/mol. The first kappa shape index (κ1) is 18.2. The number of halogens is 1. The topological polar surface area (TPSA) is 62.1 Å². The Morgan fingerprint density at radius 1 is 1.26 bits per heavy atom. The smallest absolute Gasteiger partial charge is 0.252 e. The molecule has 2 aromatic carbocycles. The van der Waals surface area contributed by atoms with E-state index in [2.05, 4.69) is 20.9 Å². The zero-order valence-electron chi connectivity index (χ0n) is 14.6. The number of methoxy groups -OCH3 is 1. The summed E-state index contributed by atoms with van der Waals surface area (Å²) in [4.78, 5) is 17.6. The van der Waals surface area contributed by atoms with Crippen molar-refractivity contribution in [3.63, 3.8) is 0 Å². The minimum Gasteiger partial charge on any atom is -0.454 e. The first-order valence-corrected chi connectivity index (χ1v) is 9.99. The predicted octanol–water partition coefficient (Wildman–Crippen LogP) is 3.51. The second kappa shape index (κ2) is 7.84. The van der Waals surface area contributed by atoms with Gasteiger partial charge in [0.2, 0.25) is 6.79 Å². The highest BCUT2D eigenvalue weighted by molar-refractivity contribution is 9.10. The van der Waals surface area contributed by atoms with E-state index in [4.69, 9.17) is 14.2 Å². The van der Waals surface area contributed by atoms with E-state index < -0.39 is 0 Å². The molecule has 1 aliphatic heterocycles. The van der Waals surface area contributed by atoms with Crippen molar-refractivity contribution in [2.75, 3.05) is 20.5 Å². The van der Waals surface area contributed by atoms with Crippen molar-refractivity contribution in [1.82, 2.24) is 4.57 Å². The van der Waals surface area contributed by atoms with Gasteiger partial charge in [-0.25, -0.2) is 0 Å². The normalized spacial score (nSPS) is 13.5. The summed E-state index contributed by atoms with van der Waals surface area (Å²) in [5.41, 5.74) is 1.88. The monoisotopic (exact) mass is 448 g/mol. The molecule has 0 unspecified atom stereocenters. The Kier molecular flexibility index (Phi) is 5.29. The lowest BCUT2D eigenvalue weighted by molar-refractivity contribution is -0.117. The molecule has 0 saturated carbocycles. The van der Waals surface area contributed by atoms with Crippen molar-refractivity contribution in [3.05, 3.63) is 51.2 Å². The molecule has 27 heavy (non-hydrogen) atoms. The molecule has 1 aromatic heterocycles. The van der Waals surface area contributed by atoms with Gasteiger partial charge in [0.25, 0.3) is 5.91 Å². The number of carbonyl (C=O) groups excluding carboxylic acids is 1. The summed E-state index contributed by atoms with van der Waals surface area (Å²) >= 11 is 4.98. The summed E-state index contributed by atoms with van der Waals surface area (Å²) in [5, 5.41) is 0. The third-order valence-electron chi connectivity index (χ3n) is 4.18. The van der Waals surface area contributed by atoms with E-state index in [1.165, 1.54) is 11.3 Å². The minimum atomic E-state index is -0.203. The lowest BCUT2D eigenvalue weighted by Gasteiger charge is -2.04. The molecular formula is C19H17BrN2O4S. The van der Waals surface area contributed by atoms with Crippen LogP contribution in [0.2, 0.25) is 0 Å². The van der Waals surface area contributed by atoms with Gasteiger partial charge >= 0.3 is 0 Å². The van der Waals surface area contributed by atoms with Gasteiger partial charge in [0.1, 0.15) is 0 Å². The van der Waals surface area contributed by atoms with Crippen molar-refractivity contribution in [2.24, 2.45) is 4.99 Å². The van der Waals surface area contributed by atoms with E-state index >= 15 is 0 Å². The molecule has 4 rings (SSSR count). The van der Waals surface area contributed by atoms with Crippen molar-refractivity contribution in [3.8, 4) is 11.5 Å². The Bertz CT molecular complexity index is 1070. The van der Waals surface area contributed by atoms with Crippen LogP contribution < -0.4 is 14.3 Å². The van der Waals surface area contributed by atoms with E-state index in [9.17, 15) is 4.79 Å². The highest BCUT2D eigenvalue weighted by atomic mass is 79.9. The molecule has 0 aliphatic carbocycles. The van der Waals surface area contributed by atoms with E-state index in [1.807, 2.05) is 41.0 Å². The average molecular weight is 449 g/mol. The second-order valence-electron chi connectivity index (χ2n) is 6.01. The highest BCUT2D eigenvalue weighted by Gasteiger charge is 2.15. The molecule has 0 bridgehead atoms. The molecule has 8 heteroatoms. The van der Waals surface area contributed by atoms with Gasteiger partial charge in [0, 0.05) is 18.1 Å². The van der Waals surface area contributed by atoms with Gasteiger partial charge in [-0.05, 0) is 35.9 Å². The molecule has 3 aromatic rings. The van der Waals surface area contributed by atoms with Crippen LogP contribution in [0, 0.1) is 0 Å². The van der Waals surface area contributed by atoms with Crippen LogP contribution in [0.3, 0.4) is 0 Å². The minimum absolute atomic E-state index is 0.203. The Balaban J connectivity index is 1.65. The molecule has 2 heterocycles. The largest absolute Gasteiger partial charge is 0.454 e. The Morgan fingerprint density at radius 2 is 2.11 bits per heavy atom. The quantitative estimate of drug-likeness (QED) is 0.598. The van der Waals surface area contributed by atoms with Gasteiger partial charge in [0.15, 0.2) is 16.3 Å². The van der Waals surface area contributed by atoms with Crippen molar-refractivity contribution >= 4 is 43.4 Å². The summed E-state index contributed by atoms with van der Waals surface area (Å²) in [5.74, 6) is 1.17. The number of hydrogen-bond donors (Lipinski definition) is 0. The van der Waals surface area contributed by atoms with Crippen molar-refractivity contribution in [2.45, 2.75) is 13.0 Å². The van der Waals surface area contributed by atoms with Gasteiger partial charge in [-0.3, -0.25) is 4.79 Å². The summed E-state index contributed by atoms with van der Waals surface area (Å²) in [6, 6.07) is 11.5. The van der Waals surface area contributed by atoms with Crippen molar-refractivity contribution < 1.29 is 19.0 Å². The van der Waals surface area contributed by atoms with E-state index in [0.29, 0.717) is 29.5 Å². The maximum absolute atomic E-state index is 12.6. The number of fused-ring (bicyclic) bond motifs is 2. The summed E-state index contributed by atoms with van der Waals surface area (Å²) in [6.45, 7) is 1.40. The first-order valence-electron chi connectivity index (χ1n) is 8.38. The number of amides is 1. The standard InChI is InChI=1S/C19H17BrN2O4S/c1-24-7-6-22-14-4-3-13(20)10-17(14)27-19(22)21-18(23)9-12-2-5-15-16(8-12)26-11-25-15/h2-5,8,10H,6-7,9,11H2,1H3. The zero-order chi connectivity index (χ0) is 18.8. The fraction of sp³-hybridized carbons (Fsp3) is 0.263. The maximum Gasteiger partial charge on any atom is 0.252 e. The van der Waals surface area contributed by atoms with Crippen molar-refractivity contribution in [1.29, 1.82) is 0 Å². The average Bonchev–Trinajstić information content (AvgIpc) is 3.23. The van der Waals surface area contributed by atoms with Crippen LogP contribution in [-0.4, -0.2) is 31.0 Å². The fourth-order valence-corrected chi connectivity index (χ4v) is 4.53. The molecule has 0 fully saturated rings. The van der Waals surface area contributed by atoms with Gasteiger partial charge in [-0.1, -0.05) is 33.3 Å². The highest BCUT2D eigenvalue weighted by Crippen LogP contribution is 2.32. The molecule has 0 atom stereocenters. The summed E-state index contributed by atoms with van der Waals surface area (Å²) < 4.78 is 20.0. The number of thiazole rings is 1. The van der Waals surface area contributed by atoms with Crippen LogP contribution in [-0.2, 0) is 22.5 Å². The third kappa shape index (κ3) is 3.92. The van der Waals surface area contributed by atoms with Crippen LogP contribution >= 0.6 is 27.3 Å². The first-order chi connectivity index (χ1) is 13.1. The number of ether oxygens (including phenoxy) is 3. The Hall–Kier alpha value is -2.16. The summed E-state index contributed by atoms with van der Waals surface area (Å²) in [6.07, 6.45) is 0.207. The number of benzene rings is 2. The van der Waals surface area contributed by atoms with Crippen LogP contribution in [0.25, 0.3) is 10.2 Å². The molecule has 140 valence electrons. The number of carbonyl (C=O) groups is 1. The lowest BCUT2D eigenvalue weighted by Crippen LogP contribution is -2.19. The van der Waals surface area contributed by atoms with Gasteiger partial charge in [0.05, 0.1) is 23.2 Å². The Labute approximate surface area is 168 Å². The molecule has 0 radical (unpaired) electrons. The molecule has 1 aliphatic rings. The van der Waals surface area contributed by atoms with E-state index in [1.54, 1.807) is 7.11 Å². The number of rotatable bonds is 5. The van der Waals surface area contributed by atoms with Gasteiger partial charge in [-0.15, -0.1) is 0 Å². The van der Waals surface area contributed by atoms with Crippen LogP contribution in [0.5, 0.6) is 11.5 Å². The fourth-order valence-electron chi connectivity index (χ4n) is 2.90. The number of aromatic nitrogens is 1. The molecule has 0 saturated heterocycles. The lowest BCUT2D eigenvalue weighted by atomic mass is 10.1. The van der Waals surface area contributed by atoms with Crippen LogP contribution in [0.4, 0.5) is 0 Å². The summed E-state index contributed by atoms with van der Waals surface area (Å²) in [7, 11) is 1.66. The molecule has 0 spiro atoms.